The van der Waals surface area contributed by atoms with E-state index in [0.29, 0.717) is 15.5 Å². The fourth-order valence-electron chi connectivity index (χ4n) is 1.55. The van der Waals surface area contributed by atoms with Crippen molar-refractivity contribution < 1.29 is 14.7 Å². The van der Waals surface area contributed by atoms with Gasteiger partial charge in [-0.1, -0.05) is 22.9 Å². The Morgan fingerprint density at radius 2 is 2.00 bits per heavy atom. The fraction of sp³-hybridized carbons (Fsp3) is 0.385. The Morgan fingerprint density at radius 3 is 2.57 bits per heavy atom. The van der Waals surface area contributed by atoms with E-state index in [0.717, 1.165) is 13.1 Å². The smallest absolute Gasteiger partial charge is 0.337 e. The molecule has 0 aromatic heterocycles. The Kier molecular flexibility index (Phi) is 7.13. The minimum atomic E-state index is -1.11. The number of hydrogen-bond acceptors (Lipinski definition) is 3. The highest BCUT2D eigenvalue weighted by Gasteiger charge is 2.16. The highest BCUT2D eigenvalue weighted by atomic mass is 79.9. The van der Waals surface area contributed by atoms with Crippen LogP contribution in [-0.2, 0) is 0 Å². The molecule has 21 heavy (non-hydrogen) atoms. The van der Waals surface area contributed by atoms with Crippen molar-refractivity contribution in [2.24, 2.45) is 0 Å². The lowest BCUT2D eigenvalue weighted by Crippen LogP contribution is -2.35. The van der Waals surface area contributed by atoms with Crippen LogP contribution < -0.4 is 10.6 Å². The van der Waals surface area contributed by atoms with Crippen molar-refractivity contribution in [3.8, 4) is 0 Å². The second kappa shape index (κ2) is 8.35. The van der Waals surface area contributed by atoms with Gasteiger partial charge in [-0.15, -0.1) is 0 Å². The van der Waals surface area contributed by atoms with E-state index < -0.39 is 12.0 Å². The number of carboxylic acids is 1. The lowest BCUT2D eigenvalue weighted by molar-refractivity contribution is 0.0698. The number of nitrogens with one attached hydrogen (secondary N) is 2. The van der Waals surface area contributed by atoms with Crippen LogP contribution in [0, 0.1) is 0 Å². The highest BCUT2D eigenvalue weighted by Crippen LogP contribution is 2.30. The molecule has 0 aliphatic heterocycles. The number of amides is 2. The molecule has 0 unspecified atom stereocenters. The fourth-order valence-corrected chi connectivity index (χ4v) is 2.87. The molecule has 2 amide bonds. The summed E-state index contributed by atoms with van der Waals surface area (Å²) in [6.45, 7) is 4.12. The van der Waals surface area contributed by atoms with E-state index in [1.165, 1.54) is 6.07 Å². The zero-order valence-electron chi connectivity index (χ0n) is 11.7. The molecule has 6 nitrogen and oxygen atoms in total. The van der Waals surface area contributed by atoms with Gasteiger partial charge in [0, 0.05) is 22.0 Å². The van der Waals surface area contributed by atoms with Gasteiger partial charge in [0.2, 0.25) is 0 Å². The summed E-state index contributed by atoms with van der Waals surface area (Å²) < 4.78 is 1.11. The minimum Gasteiger partial charge on any atom is -0.478 e. The molecule has 0 spiro atoms. The molecule has 0 bridgehead atoms. The lowest BCUT2D eigenvalue weighted by atomic mass is 10.2. The van der Waals surface area contributed by atoms with Gasteiger partial charge in [-0.2, -0.15) is 0 Å². The summed E-state index contributed by atoms with van der Waals surface area (Å²) in [6.07, 6.45) is 0. The Bertz CT molecular complexity index is 538. The van der Waals surface area contributed by atoms with Crippen molar-refractivity contribution in [3.05, 3.63) is 26.6 Å². The van der Waals surface area contributed by atoms with Crippen LogP contribution >= 0.6 is 31.9 Å². The van der Waals surface area contributed by atoms with Gasteiger partial charge in [0.25, 0.3) is 0 Å². The topological polar surface area (TPSA) is 81.7 Å². The maximum atomic E-state index is 11.8. The molecule has 8 heteroatoms. The lowest BCUT2D eigenvalue weighted by Gasteiger charge is -2.15. The number of hydrogen-bond donors (Lipinski definition) is 3. The second-order valence-corrected chi connectivity index (χ2v) is 6.16. The van der Waals surface area contributed by atoms with Gasteiger partial charge >= 0.3 is 12.0 Å². The van der Waals surface area contributed by atoms with Gasteiger partial charge in [0.15, 0.2) is 0 Å². The first-order valence-corrected chi connectivity index (χ1v) is 7.89. The summed E-state index contributed by atoms with van der Waals surface area (Å²) in [6, 6.07) is 2.67. The van der Waals surface area contributed by atoms with Gasteiger partial charge in [0.05, 0.1) is 11.3 Å². The van der Waals surface area contributed by atoms with Crippen molar-refractivity contribution >= 4 is 49.5 Å². The summed E-state index contributed by atoms with van der Waals surface area (Å²) in [7, 11) is 1.95. The summed E-state index contributed by atoms with van der Waals surface area (Å²) in [5.74, 6) is -1.11. The van der Waals surface area contributed by atoms with Crippen molar-refractivity contribution in [2.45, 2.75) is 6.92 Å². The monoisotopic (exact) mass is 421 g/mol. The van der Waals surface area contributed by atoms with Crippen molar-refractivity contribution in [2.75, 3.05) is 32.0 Å². The van der Waals surface area contributed by atoms with Crippen molar-refractivity contribution in [1.82, 2.24) is 10.2 Å². The van der Waals surface area contributed by atoms with E-state index in [2.05, 4.69) is 47.4 Å². The molecule has 0 radical (unpaired) electrons. The first kappa shape index (κ1) is 17.9. The zero-order valence-corrected chi connectivity index (χ0v) is 14.9. The molecule has 0 atom stereocenters. The third-order valence-corrected chi connectivity index (χ3v) is 3.93. The van der Waals surface area contributed by atoms with Crippen molar-refractivity contribution in [3.63, 3.8) is 0 Å². The molecule has 0 heterocycles. The first-order chi connectivity index (χ1) is 9.85. The van der Waals surface area contributed by atoms with Gasteiger partial charge in [-0.25, -0.2) is 9.59 Å². The molecule has 1 aromatic rings. The van der Waals surface area contributed by atoms with E-state index in [1.807, 2.05) is 14.0 Å². The van der Waals surface area contributed by atoms with Gasteiger partial charge in [0.1, 0.15) is 0 Å². The molecule has 1 rings (SSSR count). The van der Waals surface area contributed by atoms with Gasteiger partial charge in [-0.05, 0) is 41.7 Å². The summed E-state index contributed by atoms with van der Waals surface area (Å²) in [5, 5.41) is 14.4. The van der Waals surface area contributed by atoms with Crippen LogP contribution in [0.2, 0.25) is 0 Å². The third kappa shape index (κ3) is 5.64. The molecule has 0 saturated heterocycles. The van der Waals surface area contributed by atoms with E-state index in [9.17, 15) is 14.7 Å². The molecule has 1 aromatic carbocycles. The Balaban J connectivity index is 2.74. The van der Waals surface area contributed by atoms with Crippen LogP contribution in [0.25, 0.3) is 0 Å². The Morgan fingerprint density at radius 1 is 1.33 bits per heavy atom. The van der Waals surface area contributed by atoms with E-state index in [4.69, 9.17) is 0 Å². The number of benzene rings is 1. The highest BCUT2D eigenvalue weighted by molar-refractivity contribution is 9.11. The minimum absolute atomic E-state index is 0.0112. The van der Waals surface area contributed by atoms with E-state index in [-0.39, 0.29) is 11.3 Å². The number of aromatic carboxylic acids is 1. The number of halogens is 2. The predicted octanol–water partition coefficient (Wildman–Crippen LogP) is 2.98. The van der Waals surface area contributed by atoms with Crippen LogP contribution in [0.3, 0.4) is 0 Å². The summed E-state index contributed by atoms with van der Waals surface area (Å²) in [5.41, 5.74) is 0.240. The largest absolute Gasteiger partial charge is 0.478 e. The predicted molar refractivity (Wildman–Crippen MR) is 89.0 cm³/mol. The number of urea groups is 1. The Labute approximate surface area is 140 Å². The van der Waals surface area contributed by atoms with E-state index >= 15 is 0 Å². The third-order valence-electron chi connectivity index (χ3n) is 2.84. The maximum Gasteiger partial charge on any atom is 0.337 e. The molecular weight excluding hydrogens is 406 g/mol. The normalized spacial score (nSPS) is 10.5. The molecule has 116 valence electrons. The van der Waals surface area contributed by atoms with Gasteiger partial charge in [-0.3, -0.25) is 0 Å². The van der Waals surface area contributed by atoms with Crippen LogP contribution in [0.4, 0.5) is 10.5 Å². The average Bonchev–Trinajstić information content (AvgIpc) is 2.41. The number of carbonyl (C=O) groups is 2. The summed E-state index contributed by atoms with van der Waals surface area (Å²) >= 11 is 6.47. The number of likely N-dealkylation sites (N-methyl/N-ethyl adjacent to an activating group) is 1. The van der Waals surface area contributed by atoms with Crippen molar-refractivity contribution in [1.29, 1.82) is 0 Å². The molecule has 3 N–H and O–H groups in total. The number of anilines is 1. The first-order valence-electron chi connectivity index (χ1n) is 6.30. The number of carboxylic acid groups (broad SMARTS) is 1. The molecule has 0 aliphatic rings. The molecule has 0 aliphatic carbocycles. The molecule has 0 fully saturated rings. The van der Waals surface area contributed by atoms with E-state index in [1.54, 1.807) is 6.07 Å². The second-order valence-electron chi connectivity index (χ2n) is 4.39. The number of rotatable bonds is 6. The van der Waals surface area contributed by atoms with Crippen LogP contribution in [0.1, 0.15) is 17.3 Å². The zero-order chi connectivity index (χ0) is 16.0. The molecular formula is C13H17Br2N3O3. The SMILES string of the molecule is CCN(C)CCNC(=O)Nc1c(Br)cc(Br)cc1C(=O)O. The van der Waals surface area contributed by atoms with Crippen LogP contribution in [0.5, 0.6) is 0 Å². The standard InChI is InChI=1S/C13H17Br2N3O3/c1-3-18(2)5-4-16-13(21)17-11-9(12(19)20)6-8(14)7-10(11)15/h6-7H,3-5H2,1-2H3,(H,19,20)(H2,16,17,21). The Hall–Kier alpha value is -1.12. The van der Waals surface area contributed by atoms with Crippen LogP contribution in [0.15, 0.2) is 21.1 Å². The van der Waals surface area contributed by atoms with Crippen LogP contribution in [-0.4, -0.2) is 48.7 Å². The average molecular weight is 423 g/mol. The maximum absolute atomic E-state index is 11.8. The number of nitrogens with zero attached hydrogens (tertiary/aromatic N) is 1. The number of carbonyl (C=O) groups excluding carboxylic acids is 1. The quantitative estimate of drug-likeness (QED) is 0.658. The summed E-state index contributed by atoms with van der Waals surface area (Å²) in [4.78, 5) is 25.1. The van der Waals surface area contributed by atoms with Gasteiger partial charge < -0.3 is 20.6 Å². The molecule has 0 saturated carbocycles.